The van der Waals surface area contributed by atoms with Gasteiger partial charge in [-0.25, -0.2) is 0 Å². The number of hydrogen-bond donors (Lipinski definition) is 2. The Morgan fingerprint density at radius 2 is 2.15 bits per heavy atom. The molecule has 0 aliphatic rings. The molecule has 0 atom stereocenters. The SMILES string of the molecule is NC(=O)CC=Cc1ccccc1O. The highest BCUT2D eigenvalue weighted by molar-refractivity contribution is 5.76. The Bertz CT molecular complexity index is 331. The maximum Gasteiger partial charge on any atom is 0.221 e. The van der Waals surface area contributed by atoms with Crippen LogP contribution in [0.25, 0.3) is 6.08 Å². The fourth-order valence-electron chi connectivity index (χ4n) is 0.931. The van der Waals surface area contributed by atoms with E-state index in [1.165, 1.54) is 0 Å². The molecule has 1 aromatic carbocycles. The van der Waals surface area contributed by atoms with Crippen LogP contribution >= 0.6 is 0 Å². The second kappa shape index (κ2) is 4.30. The van der Waals surface area contributed by atoms with Crippen LogP contribution in [0.5, 0.6) is 5.75 Å². The number of rotatable bonds is 3. The van der Waals surface area contributed by atoms with E-state index in [4.69, 9.17) is 5.73 Å². The van der Waals surface area contributed by atoms with E-state index in [0.717, 1.165) is 0 Å². The lowest BCUT2D eigenvalue weighted by Gasteiger charge is -1.96. The quantitative estimate of drug-likeness (QED) is 0.730. The van der Waals surface area contributed by atoms with Crippen molar-refractivity contribution in [2.75, 3.05) is 0 Å². The molecule has 0 radical (unpaired) electrons. The number of aromatic hydroxyl groups is 1. The first-order chi connectivity index (χ1) is 6.20. The average molecular weight is 177 g/mol. The third-order valence-corrected chi connectivity index (χ3v) is 1.55. The summed E-state index contributed by atoms with van der Waals surface area (Å²) in [4.78, 5) is 10.4. The minimum absolute atomic E-state index is 0.189. The van der Waals surface area contributed by atoms with Gasteiger partial charge in [-0.15, -0.1) is 0 Å². The molecule has 0 saturated carbocycles. The highest BCUT2D eigenvalue weighted by Crippen LogP contribution is 2.16. The molecule has 68 valence electrons. The lowest BCUT2D eigenvalue weighted by Crippen LogP contribution is -2.07. The summed E-state index contributed by atoms with van der Waals surface area (Å²) < 4.78 is 0. The molecular formula is C10H11NO2. The van der Waals surface area contributed by atoms with Crippen molar-refractivity contribution >= 4 is 12.0 Å². The molecule has 3 heteroatoms. The normalized spacial score (nSPS) is 10.5. The highest BCUT2D eigenvalue weighted by atomic mass is 16.3. The smallest absolute Gasteiger partial charge is 0.221 e. The zero-order chi connectivity index (χ0) is 9.68. The Hall–Kier alpha value is -1.77. The van der Waals surface area contributed by atoms with Gasteiger partial charge in [-0.05, 0) is 6.07 Å². The molecular weight excluding hydrogens is 166 g/mol. The zero-order valence-corrected chi connectivity index (χ0v) is 7.10. The number of benzene rings is 1. The molecule has 0 bridgehead atoms. The summed E-state index contributed by atoms with van der Waals surface area (Å²) in [6, 6.07) is 6.89. The molecule has 1 aromatic rings. The summed E-state index contributed by atoms with van der Waals surface area (Å²) in [5, 5.41) is 9.31. The molecule has 13 heavy (non-hydrogen) atoms. The first kappa shape index (κ1) is 9.32. The van der Waals surface area contributed by atoms with Crippen LogP contribution in [0.4, 0.5) is 0 Å². The van der Waals surface area contributed by atoms with Gasteiger partial charge in [0.1, 0.15) is 5.75 Å². The first-order valence-electron chi connectivity index (χ1n) is 3.93. The molecule has 0 saturated heterocycles. The third kappa shape index (κ3) is 2.99. The monoisotopic (exact) mass is 177 g/mol. The number of hydrogen-bond acceptors (Lipinski definition) is 2. The first-order valence-corrected chi connectivity index (χ1v) is 3.93. The standard InChI is InChI=1S/C10H11NO2/c11-10(13)7-3-5-8-4-1-2-6-9(8)12/h1-6,12H,7H2,(H2,11,13). The summed E-state index contributed by atoms with van der Waals surface area (Å²) in [6.07, 6.45) is 3.48. The van der Waals surface area contributed by atoms with Crippen molar-refractivity contribution in [3.63, 3.8) is 0 Å². The summed E-state index contributed by atoms with van der Waals surface area (Å²) >= 11 is 0. The van der Waals surface area contributed by atoms with Gasteiger partial charge in [-0.2, -0.15) is 0 Å². The molecule has 1 rings (SSSR count). The molecule has 0 heterocycles. The van der Waals surface area contributed by atoms with Gasteiger partial charge in [0.05, 0.1) is 0 Å². The molecule has 0 unspecified atom stereocenters. The predicted molar refractivity (Wildman–Crippen MR) is 51.0 cm³/mol. The van der Waals surface area contributed by atoms with Crippen molar-refractivity contribution < 1.29 is 9.90 Å². The van der Waals surface area contributed by atoms with E-state index < -0.39 is 0 Å². The fraction of sp³-hybridized carbons (Fsp3) is 0.100. The van der Waals surface area contributed by atoms with Gasteiger partial charge in [0.2, 0.25) is 5.91 Å². The molecule has 1 amide bonds. The van der Waals surface area contributed by atoms with E-state index in [1.54, 1.807) is 30.4 Å². The van der Waals surface area contributed by atoms with E-state index in [9.17, 15) is 9.90 Å². The third-order valence-electron chi connectivity index (χ3n) is 1.55. The number of amides is 1. The minimum atomic E-state index is -0.383. The summed E-state index contributed by atoms with van der Waals surface area (Å²) in [5.74, 6) is -0.185. The maximum absolute atomic E-state index is 10.4. The van der Waals surface area contributed by atoms with E-state index in [1.807, 2.05) is 6.07 Å². The Kier molecular flexibility index (Phi) is 3.09. The van der Waals surface area contributed by atoms with Crippen LogP contribution in [-0.2, 0) is 4.79 Å². The van der Waals surface area contributed by atoms with Crippen molar-refractivity contribution in [2.45, 2.75) is 6.42 Å². The zero-order valence-electron chi connectivity index (χ0n) is 7.10. The number of carbonyl (C=O) groups excluding carboxylic acids is 1. The predicted octanol–water partition coefficient (Wildman–Crippen LogP) is 1.28. The van der Waals surface area contributed by atoms with E-state index in [2.05, 4.69) is 0 Å². The topological polar surface area (TPSA) is 63.3 Å². The Morgan fingerprint density at radius 3 is 2.77 bits per heavy atom. The van der Waals surface area contributed by atoms with Crippen molar-refractivity contribution in [1.29, 1.82) is 0 Å². The summed E-state index contributed by atoms with van der Waals surface area (Å²) in [7, 11) is 0. The highest BCUT2D eigenvalue weighted by Gasteiger charge is 1.93. The lowest BCUT2D eigenvalue weighted by atomic mass is 10.2. The van der Waals surface area contributed by atoms with Gasteiger partial charge in [-0.3, -0.25) is 4.79 Å². The lowest BCUT2D eigenvalue weighted by molar-refractivity contribution is -0.117. The minimum Gasteiger partial charge on any atom is -0.507 e. The number of phenolic OH excluding ortho intramolecular Hbond substituents is 1. The number of para-hydroxylation sites is 1. The van der Waals surface area contributed by atoms with E-state index in [0.29, 0.717) is 5.56 Å². The fourth-order valence-corrected chi connectivity index (χ4v) is 0.931. The van der Waals surface area contributed by atoms with Crippen molar-refractivity contribution in [1.82, 2.24) is 0 Å². The molecule has 0 aromatic heterocycles. The molecule has 0 fully saturated rings. The van der Waals surface area contributed by atoms with Gasteiger partial charge in [0, 0.05) is 12.0 Å². The van der Waals surface area contributed by atoms with E-state index >= 15 is 0 Å². The maximum atomic E-state index is 10.4. The number of phenols is 1. The van der Waals surface area contributed by atoms with Crippen LogP contribution in [0.2, 0.25) is 0 Å². The molecule has 3 nitrogen and oxygen atoms in total. The van der Waals surface area contributed by atoms with Gasteiger partial charge >= 0.3 is 0 Å². The van der Waals surface area contributed by atoms with Crippen LogP contribution < -0.4 is 5.73 Å². The van der Waals surface area contributed by atoms with Crippen LogP contribution in [0.3, 0.4) is 0 Å². The Balaban J connectivity index is 2.68. The molecule has 0 spiro atoms. The number of primary amides is 1. The Labute approximate surface area is 76.5 Å². The van der Waals surface area contributed by atoms with Crippen LogP contribution in [0, 0.1) is 0 Å². The van der Waals surface area contributed by atoms with Crippen LogP contribution in [0.1, 0.15) is 12.0 Å². The van der Waals surface area contributed by atoms with Crippen molar-refractivity contribution in [3.05, 3.63) is 35.9 Å². The van der Waals surface area contributed by atoms with Crippen molar-refractivity contribution in [2.24, 2.45) is 5.73 Å². The van der Waals surface area contributed by atoms with E-state index in [-0.39, 0.29) is 18.1 Å². The van der Waals surface area contributed by atoms with Gasteiger partial charge < -0.3 is 10.8 Å². The Morgan fingerprint density at radius 1 is 1.46 bits per heavy atom. The summed E-state index contributed by atoms with van der Waals surface area (Å²) in [6.45, 7) is 0. The van der Waals surface area contributed by atoms with Gasteiger partial charge in [-0.1, -0.05) is 30.4 Å². The molecule has 0 aliphatic carbocycles. The second-order valence-electron chi connectivity index (χ2n) is 2.63. The van der Waals surface area contributed by atoms with Crippen molar-refractivity contribution in [3.8, 4) is 5.75 Å². The number of nitrogens with two attached hydrogens (primary N) is 1. The summed E-state index contributed by atoms with van der Waals surface area (Å²) in [5.41, 5.74) is 5.63. The second-order valence-corrected chi connectivity index (χ2v) is 2.63. The van der Waals surface area contributed by atoms with Gasteiger partial charge in [0.25, 0.3) is 0 Å². The van der Waals surface area contributed by atoms with Gasteiger partial charge in [0.15, 0.2) is 0 Å². The van der Waals surface area contributed by atoms with Crippen LogP contribution in [0.15, 0.2) is 30.3 Å². The molecule has 3 N–H and O–H groups in total. The average Bonchev–Trinajstić information content (AvgIpc) is 2.08. The number of carbonyl (C=O) groups is 1. The van der Waals surface area contributed by atoms with Crippen LogP contribution in [-0.4, -0.2) is 11.0 Å². The molecule has 0 aliphatic heterocycles. The largest absolute Gasteiger partial charge is 0.507 e.